The van der Waals surface area contributed by atoms with E-state index in [1.165, 1.54) is 0 Å². The molecule has 2 rings (SSSR count). The number of imidazole rings is 1. The molecule has 0 aromatic carbocycles. The van der Waals surface area contributed by atoms with E-state index in [9.17, 15) is 0 Å². The summed E-state index contributed by atoms with van der Waals surface area (Å²) < 4.78 is 7.65. The average Bonchev–Trinajstić information content (AvgIpc) is 2.77. The number of hydrogen-bond acceptors (Lipinski definition) is 2. The summed E-state index contributed by atoms with van der Waals surface area (Å²) in [6.45, 7) is 3.99. The van der Waals surface area contributed by atoms with Gasteiger partial charge in [-0.25, -0.2) is 4.98 Å². The first-order chi connectivity index (χ1) is 6.81. The lowest BCUT2D eigenvalue weighted by molar-refractivity contribution is 0.101. The molecule has 1 fully saturated rings. The molecule has 1 saturated heterocycles. The van der Waals surface area contributed by atoms with Crippen LogP contribution in [0.25, 0.3) is 0 Å². The van der Waals surface area contributed by atoms with Gasteiger partial charge in [-0.1, -0.05) is 0 Å². The molecule has 0 bridgehead atoms. The van der Waals surface area contributed by atoms with Gasteiger partial charge in [0.2, 0.25) is 0 Å². The molecule has 0 aliphatic carbocycles. The predicted octanol–water partition coefficient (Wildman–Crippen LogP) is 2.05. The quantitative estimate of drug-likeness (QED) is 0.721. The second-order valence-electron chi connectivity index (χ2n) is 3.80. The maximum absolute atomic E-state index is 5.80. The number of hydrogen-bond donors (Lipinski definition) is 0. The van der Waals surface area contributed by atoms with Crippen LogP contribution in [0.2, 0.25) is 0 Å². The van der Waals surface area contributed by atoms with Crippen molar-refractivity contribution in [3.8, 4) is 0 Å². The summed E-state index contributed by atoms with van der Waals surface area (Å²) in [5, 5.41) is 0. The minimum atomic E-state index is 0.362. The van der Waals surface area contributed by atoms with Crippen LogP contribution < -0.4 is 0 Å². The Morgan fingerprint density at radius 3 is 3.21 bits per heavy atom. The van der Waals surface area contributed by atoms with Gasteiger partial charge in [0.1, 0.15) is 0 Å². The monoisotopic (exact) mass is 214 g/mol. The molecule has 1 aromatic heterocycles. The fraction of sp³-hybridized carbons (Fsp3) is 0.700. The smallest absolute Gasteiger partial charge is 0.0948 e. The highest BCUT2D eigenvalue weighted by Gasteiger charge is 2.24. The number of halogens is 1. The summed E-state index contributed by atoms with van der Waals surface area (Å²) in [6.07, 6.45) is 5.18. The highest BCUT2D eigenvalue weighted by Crippen LogP contribution is 2.22. The first-order valence-electron chi connectivity index (χ1n) is 4.98. The van der Waals surface area contributed by atoms with Crippen molar-refractivity contribution in [3.05, 3.63) is 18.2 Å². The largest absolute Gasteiger partial charge is 0.378 e. The van der Waals surface area contributed by atoms with Gasteiger partial charge in [0.25, 0.3) is 0 Å². The van der Waals surface area contributed by atoms with Crippen molar-refractivity contribution >= 4 is 11.6 Å². The molecule has 3 nitrogen and oxygen atoms in total. The van der Waals surface area contributed by atoms with E-state index in [2.05, 4.69) is 16.5 Å². The number of ether oxygens (including phenoxy) is 1. The highest BCUT2D eigenvalue weighted by molar-refractivity contribution is 6.16. The topological polar surface area (TPSA) is 27.1 Å². The summed E-state index contributed by atoms with van der Waals surface area (Å²) in [5.74, 6) is 1.13. The summed E-state index contributed by atoms with van der Waals surface area (Å²) in [6, 6.07) is 0. The highest BCUT2D eigenvalue weighted by atomic mass is 35.5. The van der Waals surface area contributed by atoms with Crippen LogP contribution in [0.15, 0.2) is 12.5 Å². The number of alkyl halides is 1. The summed E-state index contributed by atoms with van der Waals surface area (Å²) in [7, 11) is 0. The second-order valence-corrected chi connectivity index (χ2v) is 4.06. The fourth-order valence-electron chi connectivity index (χ4n) is 1.89. The average molecular weight is 215 g/mol. The molecule has 2 heterocycles. The molecule has 0 radical (unpaired) electrons. The number of rotatable bonds is 3. The predicted molar refractivity (Wildman–Crippen MR) is 55.3 cm³/mol. The Bertz CT molecular complexity index is 300. The Labute approximate surface area is 89.0 Å². The van der Waals surface area contributed by atoms with Crippen molar-refractivity contribution in [2.45, 2.75) is 31.9 Å². The molecule has 1 aliphatic heterocycles. The van der Waals surface area contributed by atoms with Gasteiger partial charge in [0.05, 0.1) is 24.0 Å². The van der Waals surface area contributed by atoms with Crippen LogP contribution in [-0.4, -0.2) is 22.3 Å². The Morgan fingerprint density at radius 2 is 2.57 bits per heavy atom. The van der Waals surface area contributed by atoms with Crippen LogP contribution in [0.1, 0.15) is 19.0 Å². The van der Waals surface area contributed by atoms with Crippen LogP contribution in [-0.2, 0) is 17.2 Å². The van der Waals surface area contributed by atoms with Gasteiger partial charge in [0, 0.05) is 25.3 Å². The van der Waals surface area contributed by atoms with Crippen molar-refractivity contribution in [2.75, 3.05) is 6.61 Å². The molecule has 14 heavy (non-hydrogen) atoms. The Kier molecular flexibility index (Phi) is 3.08. The van der Waals surface area contributed by atoms with Gasteiger partial charge in [-0.2, -0.15) is 0 Å². The fourth-order valence-corrected chi connectivity index (χ4v) is 2.11. The second kappa shape index (κ2) is 4.32. The van der Waals surface area contributed by atoms with Gasteiger partial charge < -0.3 is 9.30 Å². The minimum absolute atomic E-state index is 0.362. The van der Waals surface area contributed by atoms with Crippen molar-refractivity contribution < 1.29 is 4.74 Å². The first-order valence-corrected chi connectivity index (χ1v) is 5.51. The molecule has 2 atom stereocenters. The SMILES string of the molecule is CC1OCCC1Cn1cncc1CCl. The van der Waals surface area contributed by atoms with Crippen molar-refractivity contribution in [1.29, 1.82) is 0 Å². The van der Waals surface area contributed by atoms with E-state index in [4.69, 9.17) is 16.3 Å². The summed E-state index contributed by atoms with van der Waals surface area (Å²) in [5.41, 5.74) is 1.09. The molecular formula is C10H15ClN2O. The zero-order valence-corrected chi connectivity index (χ0v) is 9.07. The van der Waals surface area contributed by atoms with Crippen LogP contribution in [0, 0.1) is 5.92 Å². The summed E-state index contributed by atoms with van der Waals surface area (Å²) in [4.78, 5) is 4.10. The van der Waals surface area contributed by atoms with E-state index in [0.717, 1.165) is 25.3 Å². The Hall–Kier alpha value is -0.540. The van der Waals surface area contributed by atoms with Crippen LogP contribution in [0.3, 0.4) is 0 Å². The molecule has 1 aromatic rings. The molecule has 4 heteroatoms. The van der Waals surface area contributed by atoms with E-state index < -0.39 is 0 Å². The standard InChI is InChI=1S/C10H15ClN2O/c1-8-9(2-3-14-8)6-13-7-12-5-10(13)4-11/h5,7-9H,2-4,6H2,1H3. The third-order valence-corrected chi connectivity index (χ3v) is 3.17. The van der Waals surface area contributed by atoms with E-state index in [-0.39, 0.29) is 0 Å². The van der Waals surface area contributed by atoms with E-state index in [0.29, 0.717) is 17.9 Å². The molecule has 0 saturated carbocycles. The normalized spacial score (nSPS) is 27.0. The van der Waals surface area contributed by atoms with Gasteiger partial charge >= 0.3 is 0 Å². The van der Waals surface area contributed by atoms with Crippen molar-refractivity contribution in [3.63, 3.8) is 0 Å². The molecule has 2 unspecified atom stereocenters. The lowest BCUT2D eigenvalue weighted by Crippen LogP contribution is -2.18. The first kappa shape index (κ1) is 9.99. The zero-order chi connectivity index (χ0) is 9.97. The molecule has 1 aliphatic rings. The Morgan fingerprint density at radius 1 is 1.71 bits per heavy atom. The van der Waals surface area contributed by atoms with E-state index in [1.807, 2.05) is 12.5 Å². The molecule has 0 N–H and O–H groups in total. The van der Waals surface area contributed by atoms with Crippen LogP contribution in [0.4, 0.5) is 0 Å². The third-order valence-electron chi connectivity index (χ3n) is 2.90. The van der Waals surface area contributed by atoms with Crippen LogP contribution in [0.5, 0.6) is 0 Å². The van der Waals surface area contributed by atoms with Crippen LogP contribution >= 0.6 is 11.6 Å². The molecule has 78 valence electrons. The summed E-state index contributed by atoms with van der Waals surface area (Å²) >= 11 is 5.80. The number of aromatic nitrogens is 2. The van der Waals surface area contributed by atoms with E-state index in [1.54, 1.807) is 0 Å². The minimum Gasteiger partial charge on any atom is -0.378 e. The van der Waals surface area contributed by atoms with Crippen molar-refractivity contribution in [2.24, 2.45) is 5.92 Å². The third kappa shape index (κ3) is 1.93. The molecule has 0 spiro atoms. The molecule has 0 amide bonds. The van der Waals surface area contributed by atoms with Gasteiger partial charge in [-0.15, -0.1) is 11.6 Å². The maximum Gasteiger partial charge on any atom is 0.0948 e. The van der Waals surface area contributed by atoms with E-state index >= 15 is 0 Å². The van der Waals surface area contributed by atoms with Gasteiger partial charge in [0.15, 0.2) is 0 Å². The Balaban J connectivity index is 2.02. The molecular weight excluding hydrogens is 200 g/mol. The maximum atomic E-state index is 5.80. The lowest BCUT2D eigenvalue weighted by atomic mass is 10.0. The number of nitrogens with zero attached hydrogens (tertiary/aromatic N) is 2. The van der Waals surface area contributed by atoms with Gasteiger partial charge in [-0.05, 0) is 13.3 Å². The van der Waals surface area contributed by atoms with Crippen molar-refractivity contribution in [1.82, 2.24) is 9.55 Å². The lowest BCUT2D eigenvalue weighted by Gasteiger charge is -2.15. The zero-order valence-electron chi connectivity index (χ0n) is 8.32. The van der Waals surface area contributed by atoms with Gasteiger partial charge in [-0.3, -0.25) is 0 Å².